The summed E-state index contributed by atoms with van der Waals surface area (Å²) < 4.78 is 15.8. The first kappa shape index (κ1) is 19.8. The number of rotatable bonds is 5. The van der Waals surface area contributed by atoms with Crippen LogP contribution in [0.4, 0.5) is 16.0 Å². The third kappa shape index (κ3) is 3.95. The molecule has 0 unspecified atom stereocenters. The van der Waals surface area contributed by atoms with E-state index >= 15 is 0 Å². The molecule has 158 valence electrons. The second-order valence-corrected chi connectivity index (χ2v) is 8.55. The van der Waals surface area contributed by atoms with E-state index in [-0.39, 0.29) is 34.3 Å². The van der Waals surface area contributed by atoms with Crippen LogP contribution in [0.15, 0.2) is 23.3 Å². The Morgan fingerprint density at radius 2 is 2.03 bits per heavy atom. The van der Waals surface area contributed by atoms with E-state index in [9.17, 15) is 19.1 Å². The van der Waals surface area contributed by atoms with E-state index in [1.807, 2.05) is 20.8 Å². The third-order valence-electron chi connectivity index (χ3n) is 4.49. The molecule has 0 atom stereocenters. The average molecular weight is 415 g/mol. The monoisotopic (exact) mass is 415 g/mol. The summed E-state index contributed by atoms with van der Waals surface area (Å²) in [6.07, 6.45) is 3.95. The number of hydrogen-bond acceptors (Lipinski definition) is 7. The van der Waals surface area contributed by atoms with Crippen molar-refractivity contribution in [3.8, 4) is 5.88 Å². The molecule has 3 aromatic rings. The standard InChI is InChI=1S/C19H22FN7O3/c1-19(2,3)9-26-14-6-12(24-13-8-21-7-11(20)23-13)25-27(14)18(30)15(17(26)29)16(28)22-10-4-5-10/h6-8,10,29H,4-5,9H2,1-3H3,(H,22,28)(H,23,24,25). The minimum atomic E-state index is -0.771. The van der Waals surface area contributed by atoms with Gasteiger partial charge in [0.15, 0.2) is 17.2 Å². The van der Waals surface area contributed by atoms with Gasteiger partial charge in [0, 0.05) is 18.7 Å². The van der Waals surface area contributed by atoms with Crippen LogP contribution >= 0.6 is 0 Å². The number of amides is 1. The maximum atomic E-state index is 13.3. The van der Waals surface area contributed by atoms with Crippen LogP contribution < -0.4 is 16.2 Å². The van der Waals surface area contributed by atoms with E-state index in [1.54, 1.807) is 0 Å². The number of hydrogen-bond donors (Lipinski definition) is 3. The number of anilines is 2. The molecular formula is C19H22FN7O3. The van der Waals surface area contributed by atoms with Gasteiger partial charge in [0.1, 0.15) is 5.65 Å². The van der Waals surface area contributed by atoms with E-state index in [2.05, 4.69) is 25.7 Å². The second-order valence-electron chi connectivity index (χ2n) is 8.55. The number of nitrogens with one attached hydrogen (secondary N) is 2. The SMILES string of the molecule is CC(C)(C)Cn1c(O)c(C(=O)NC2CC2)c(=O)n2nc(Nc3cncc(F)n3)cc12. The number of halogens is 1. The van der Waals surface area contributed by atoms with E-state index in [0.29, 0.717) is 6.54 Å². The molecule has 0 aliphatic heterocycles. The second kappa shape index (κ2) is 7.08. The molecule has 4 rings (SSSR count). The molecule has 1 aliphatic rings. The Hall–Kier alpha value is -3.50. The predicted octanol–water partition coefficient (Wildman–Crippen LogP) is 1.81. The zero-order chi connectivity index (χ0) is 21.6. The van der Waals surface area contributed by atoms with Crippen LogP contribution in [0.25, 0.3) is 5.65 Å². The Balaban J connectivity index is 1.85. The molecule has 0 saturated heterocycles. The molecule has 3 N–H and O–H groups in total. The fraction of sp³-hybridized carbons (Fsp3) is 0.421. The Labute approximate surface area is 170 Å². The molecule has 1 saturated carbocycles. The van der Waals surface area contributed by atoms with Crippen LogP contribution in [0.2, 0.25) is 0 Å². The van der Waals surface area contributed by atoms with Gasteiger partial charge >= 0.3 is 0 Å². The molecule has 0 bridgehead atoms. The highest BCUT2D eigenvalue weighted by molar-refractivity contribution is 5.96. The molecular weight excluding hydrogens is 393 g/mol. The number of carbonyl (C=O) groups is 1. The third-order valence-corrected chi connectivity index (χ3v) is 4.49. The van der Waals surface area contributed by atoms with Gasteiger partial charge in [-0.25, -0.2) is 0 Å². The fourth-order valence-corrected chi connectivity index (χ4v) is 3.07. The van der Waals surface area contributed by atoms with E-state index in [1.165, 1.54) is 16.8 Å². The fourth-order valence-electron chi connectivity index (χ4n) is 3.07. The minimum Gasteiger partial charge on any atom is -0.494 e. The Morgan fingerprint density at radius 1 is 1.30 bits per heavy atom. The van der Waals surface area contributed by atoms with Crippen LogP contribution in [0.5, 0.6) is 5.88 Å². The first-order valence-electron chi connectivity index (χ1n) is 9.53. The summed E-state index contributed by atoms with van der Waals surface area (Å²) in [6.45, 7) is 6.20. The normalized spacial score (nSPS) is 14.1. The molecule has 3 heterocycles. The van der Waals surface area contributed by atoms with E-state index in [4.69, 9.17) is 0 Å². The van der Waals surface area contributed by atoms with Gasteiger partial charge in [0.25, 0.3) is 11.5 Å². The van der Waals surface area contributed by atoms with Crippen molar-refractivity contribution in [3.63, 3.8) is 0 Å². The maximum Gasteiger partial charge on any atom is 0.291 e. The van der Waals surface area contributed by atoms with Gasteiger partial charge in [0.05, 0.1) is 12.4 Å². The van der Waals surface area contributed by atoms with Gasteiger partial charge in [-0.1, -0.05) is 20.8 Å². The van der Waals surface area contributed by atoms with E-state index in [0.717, 1.165) is 23.6 Å². The highest BCUT2D eigenvalue weighted by Crippen LogP contribution is 2.27. The van der Waals surface area contributed by atoms with Gasteiger partial charge < -0.3 is 15.7 Å². The first-order chi connectivity index (χ1) is 14.1. The van der Waals surface area contributed by atoms with Gasteiger partial charge in [-0.05, 0) is 18.3 Å². The highest BCUT2D eigenvalue weighted by Gasteiger charge is 2.30. The summed E-state index contributed by atoms with van der Waals surface area (Å²) in [7, 11) is 0. The van der Waals surface area contributed by atoms with Crippen molar-refractivity contribution >= 4 is 23.2 Å². The number of aromatic nitrogens is 5. The molecule has 10 nitrogen and oxygen atoms in total. The highest BCUT2D eigenvalue weighted by atomic mass is 19.1. The molecule has 11 heteroatoms. The molecule has 1 amide bonds. The maximum absolute atomic E-state index is 13.3. The number of aromatic hydroxyl groups is 1. The Morgan fingerprint density at radius 3 is 2.67 bits per heavy atom. The van der Waals surface area contributed by atoms with Crippen LogP contribution in [-0.4, -0.2) is 41.2 Å². The Kier molecular flexibility index (Phi) is 4.67. The molecule has 1 fully saturated rings. The van der Waals surface area contributed by atoms with Crippen molar-refractivity contribution in [2.45, 2.75) is 46.2 Å². The summed E-state index contributed by atoms with van der Waals surface area (Å²) in [5, 5.41) is 20.5. The topological polar surface area (TPSA) is 126 Å². The molecule has 0 spiro atoms. The van der Waals surface area contributed by atoms with Crippen molar-refractivity contribution in [3.05, 3.63) is 40.3 Å². The summed E-state index contributed by atoms with van der Waals surface area (Å²) in [4.78, 5) is 33.0. The van der Waals surface area contributed by atoms with Crippen molar-refractivity contribution in [1.82, 2.24) is 29.5 Å². The Bertz CT molecular complexity index is 1190. The van der Waals surface area contributed by atoms with Crippen molar-refractivity contribution in [2.75, 3.05) is 5.32 Å². The molecule has 1 aliphatic carbocycles. The lowest BCUT2D eigenvalue weighted by molar-refractivity contribution is 0.0944. The number of fused-ring (bicyclic) bond motifs is 1. The number of carbonyl (C=O) groups excluding carboxylic acids is 1. The van der Waals surface area contributed by atoms with Crippen molar-refractivity contribution < 1.29 is 14.3 Å². The molecule has 3 aromatic heterocycles. The lowest BCUT2D eigenvalue weighted by Gasteiger charge is -2.23. The van der Waals surface area contributed by atoms with Gasteiger partial charge in [-0.15, -0.1) is 5.10 Å². The molecule has 0 radical (unpaired) electrons. The van der Waals surface area contributed by atoms with Gasteiger partial charge in [-0.3, -0.25) is 19.1 Å². The summed E-state index contributed by atoms with van der Waals surface area (Å²) in [6, 6.07) is 1.53. The van der Waals surface area contributed by atoms with Gasteiger partial charge in [-0.2, -0.15) is 13.9 Å². The largest absolute Gasteiger partial charge is 0.494 e. The molecule has 30 heavy (non-hydrogen) atoms. The smallest absolute Gasteiger partial charge is 0.291 e. The van der Waals surface area contributed by atoms with Gasteiger partial charge in [0.2, 0.25) is 11.8 Å². The van der Waals surface area contributed by atoms with Crippen LogP contribution in [0.1, 0.15) is 44.0 Å². The van der Waals surface area contributed by atoms with E-state index < -0.39 is 23.3 Å². The average Bonchev–Trinajstić information content (AvgIpc) is 3.34. The summed E-state index contributed by atoms with van der Waals surface area (Å²) in [5.41, 5.74) is -1.10. The molecule has 0 aromatic carbocycles. The van der Waals surface area contributed by atoms with Crippen LogP contribution in [0.3, 0.4) is 0 Å². The summed E-state index contributed by atoms with van der Waals surface area (Å²) >= 11 is 0. The van der Waals surface area contributed by atoms with Crippen LogP contribution in [-0.2, 0) is 6.54 Å². The van der Waals surface area contributed by atoms with Crippen molar-refractivity contribution in [1.29, 1.82) is 0 Å². The summed E-state index contributed by atoms with van der Waals surface area (Å²) in [5.74, 6) is -1.53. The quantitative estimate of drug-likeness (QED) is 0.580. The predicted molar refractivity (Wildman–Crippen MR) is 106 cm³/mol. The zero-order valence-electron chi connectivity index (χ0n) is 16.8. The lowest BCUT2D eigenvalue weighted by Crippen LogP contribution is -2.35. The van der Waals surface area contributed by atoms with Crippen LogP contribution in [0, 0.1) is 11.4 Å². The number of nitrogens with zero attached hydrogens (tertiary/aromatic N) is 5. The minimum absolute atomic E-state index is 0.0180. The van der Waals surface area contributed by atoms with Crippen molar-refractivity contribution in [2.24, 2.45) is 5.41 Å². The lowest BCUT2D eigenvalue weighted by atomic mass is 9.96. The zero-order valence-corrected chi connectivity index (χ0v) is 16.8. The first-order valence-corrected chi connectivity index (χ1v) is 9.53.